The first kappa shape index (κ1) is 22.1. The van der Waals surface area contributed by atoms with E-state index in [2.05, 4.69) is 23.8 Å². The molecule has 0 saturated heterocycles. The van der Waals surface area contributed by atoms with Crippen molar-refractivity contribution in [2.45, 2.75) is 38.8 Å². The highest BCUT2D eigenvalue weighted by molar-refractivity contribution is 5.82. The van der Waals surface area contributed by atoms with Crippen molar-refractivity contribution in [2.75, 3.05) is 43.7 Å². The van der Waals surface area contributed by atoms with E-state index in [9.17, 15) is 13.2 Å². The minimum atomic E-state index is -4.54. The molecule has 0 spiro atoms. The molecule has 0 amide bonds. The first-order chi connectivity index (χ1) is 13.9. The largest absolute Gasteiger partial charge is 0.433 e. The van der Waals surface area contributed by atoms with E-state index in [1.807, 2.05) is 11.9 Å². The van der Waals surface area contributed by atoms with Crippen molar-refractivity contribution in [2.24, 2.45) is 5.41 Å². The van der Waals surface area contributed by atoms with Crippen molar-refractivity contribution in [3.05, 3.63) is 29.6 Å². The number of alkyl halides is 3. The van der Waals surface area contributed by atoms with Crippen LogP contribution in [0.15, 0.2) is 18.2 Å². The first-order valence-electron chi connectivity index (χ1n) is 9.77. The van der Waals surface area contributed by atoms with Crippen LogP contribution in [-0.4, -0.2) is 37.3 Å². The highest BCUT2D eigenvalue weighted by Crippen LogP contribution is 2.42. The normalized spacial score (nSPS) is 14.8. The van der Waals surface area contributed by atoms with Crippen LogP contribution in [0.25, 0.3) is 11.3 Å². The van der Waals surface area contributed by atoms with Gasteiger partial charge in [-0.25, -0.2) is 9.97 Å². The zero-order chi connectivity index (χ0) is 22.3. The summed E-state index contributed by atoms with van der Waals surface area (Å²) < 4.78 is 45.5. The van der Waals surface area contributed by atoms with Gasteiger partial charge in [-0.2, -0.15) is 13.2 Å². The van der Waals surface area contributed by atoms with Crippen LogP contribution in [0.1, 0.15) is 44.0 Å². The summed E-state index contributed by atoms with van der Waals surface area (Å²) in [6, 6.07) is 4.37. The van der Waals surface area contributed by atoms with Crippen molar-refractivity contribution in [1.82, 2.24) is 9.97 Å². The minimum absolute atomic E-state index is 0.0640. The molecule has 0 radical (unpaired) electrons. The van der Waals surface area contributed by atoms with E-state index >= 15 is 0 Å². The van der Waals surface area contributed by atoms with Crippen LogP contribution in [0, 0.1) is 5.41 Å². The summed E-state index contributed by atoms with van der Waals surface area (Å²) in [5.41, 5.74) is 13.1. The van der Waals surface area contributed by atoms with Gasteiger partial charge in [-0.1, -0.05) is 13.8 Å². The van der Waals surface area contributed by atoms with Gasteiger partial charge in [0.15, 0.2) is 0 Å². The zero-order valence-electron chi connectivity index (χ0n) is 17.7. The Morgan fingerprint density at radius 2 is 1.80 bits per heavy atom. The Hall–Kier alpha value is -2.55. The Balaban J connectivity index is 2.04. The number of hydrogen-bond acceptors (Lipinski definition) is 6. The van der Waals surface area contributed by atoms with Crippen molar-refractivity contribution < 1.29 is 17.9 Å². The van der Waals surface area contributed by atoms with Gasteiger partial charge in [0, 0.05) is 43.3 Å². The van der Waals surface area contributed by atoms with Gasteiger partial charge < -0.3 is 21.1 Å². The average molecular weight is 423 g/mol. The van der Waals surface area contributed by atoms with Gasteiger partial charge in [0.05, 0.1) is 23.7 Å². The van der Waals surface area contributed by atoms with E-state index in [1.165, 1.54) is 0 Å². The summed E-state index contributed by atoms with van der Waals surface area (Å²) in [6.45, 7) is 5.24. The molecule has 9 heteroatoms. The van der Waals surface area contributed by atoms with Crippen molar-refractivity contribution in [3.8, 4) is 11.3 Å². The Bertz CT molecular complexity index is 926. The lowest BCUT2D eigenvalue weighted by atomic mass is 9.94. The molecule has 3 rings (SSSR count). The number of hydrogen-bond donors (Lipinski definition) is 2. The monoisotopic (exact) mass is 423 g/mol. The minimum Gasteiger partial charge on any atom is -0.394 e. The van der Waals surface area contributed by atoms with Crippen LogP contribution in [-0.2, 0) is 10.9 Å². The molecular formula is C21H28F3N5O. The van der Waals surface area contributed by atoms with E-state index in [0.717, 1.165) is 18.9 Å². The second-order valence-electron chi connectivity index (χ2n) is 8.72. The summed E-state index contributed by atoms with van der Waals surface area (Å²) >= 11 is 0. The second kappa shape index (κ2) is 7.94. The molecule has 4 N–H and O–H groups in total. The number of pyridine rings is 2. The standard InChI is InChI=1S/C21H28F3N5O/c1-20(2,11-30-4)10-29(3)16-9-15(28-19(26)18(16)25)13-7-14(12-5-6-12)27-17(8-13)21(22,23)24/h7-9,12H,5-6,10-11,25H2,1-4H3,(H2,26,28). The SMILES string of the molecule is COCC(C)(C)CN(C)c1cc(-c2cc(C3CC3)nc(C(F)(F)F)c2)nc(N)c1N. The predicted octanol–water partition coefficient (Wildman–Crippen LogP) is 4.31. The van der Waals surface area contributed by atoms with Crippen LogP contribution in [0.4, 0.5) is 30.4 Å². The Kier molecular flexibility index (Phi) is 5.86. The van der Waals surface area contributed by atoms with Gasteiger partial charge in [-0.15, -0.1) is 0 Å². The van der Waals surface area contributed by atoms with Gasteiger partial charge in [-0.3, -0.25) is 0 Å². The highest BCUT2D eigenvalue weighted by Gasteiger charge is 2.35. The molecule has 30 heavy (non-hydrogen) atoms. The molecule has 2 heterocycles. The third kappa shape index (κ3) is 4.95. The highest BCUT2D eigenvalue weighted by atomic mass is 19.4. The van der Waals surface area contributed by atoms with E-state index in [1.54, 1.807) is 19.2 Å². The maximum atomic E-state index is 13.4. The van der Waals surface area contributed by atoms with Gasteiger partial charge in [0.1, 0.15) is 11.5 Å². The lowest BCUT2D eigenvalue weighted by molar-refractivity contribution is -0.141. The Morgan fingerprint density at radius 1 is 1.13 bits per heavy atom. The van der Waals surface area contributed by atoms with Gasteiger partial charge in [0.25, 0.3) is 0 Å². The number of aromatic nitrogens is 2. The quantitative estimate of drug-likeness (QED) is 0.690. The number of anilines is 3. The third-order valence-electron chi connectivity index (χ3n) is 5.10. The molecule has 1 aliphatic rings. The molecule has 164 valence electrons. The smallest absolute Gasteiger partial charge is 0.394 e. The summed E-state index contributed by atoms with van der Waals surface area (Å²) in [7, 11) is 3.49. The Labute approximate surface area is 174 Å². The number of nitrogens with zero attached hydrogens (tertiary/aromatic N) is 3. The lowest BCUT2D eigenvalue weighted by Crippen LogP contribution is -2.35. The maximum Gasteiger partial charge on any atom is 0.433 e. The van der Waals surface area contributed by atoms with Crippen molar-refractivity contribution in [1.29, 1.82) is 0 Å². The molecule has 1 saturated carbocycles. The molecule has 0 aromatic carbocycles. The molecule has 0 unspecified atom stereocenters. The molecule has 1 fully saturated rings. The van der Waals surface area contributed by atoms with Crippen molar-refractivity contribution >= 4 is 17.2 Å². The fourth-order valence-electron chi connectivity index (χ4n) is 3.62. The average Bonchev–Trinajstić information content (AvgIpc) is 3.47. The van der Waals surface area contributed by atoms with Crippen LogP contribution in [0.3, 0.4) is 0 Å². The molecule has 0 bridgehead atoms. The van der Waals surface area contributed by atoms with Crippen LogP contribution in [0.5, 0.6) is 0 Å². The molecule has 0 atom stereocenters. The summed E-state index contributed by atoms with van der Waals surface area (Å²) in [5, 5.41) is 0. The third-order valence-corrected chi connectivity index (χ3v) is 5.10. The number of halogens is 3. The van der Waals surface area contributed by atoms with E-state index in [-0.39, 0.29) is 17.2 Å². The fraction of sp³-hybridized carbons (Fsp3) is 0.524. The number of nitrogen functional groups attached to an aromatic ring is 2. The summed E-state index contributed by atoms with van der Waals surface area (Å²) in [4.78, 5) is 10.0. The second-order valence-corrected chi connectivity index (χ2v) is 8.72. The number of nitrogens with two attached hydrogens (primary N) is 2. The number of ether oxygens (including phenoxy) is 1. The van der Waals surface area contributed by atoms with E-state index < -0.39 is 11.9 Å². The molecule has 6 nitrogen and oxygen atoms in total. The fourth-order valence-corrected chi connectivity index (χ4v) is 3.62. The first-order valence-corrected chi connectivity index (χ1v) is 9.77. The molecule has 1 aliphatic carbocycles. The van der Waals surface area contributed by atoms with Crippen LogP contribution in [0.2, 0.25) is 0 Å². The number of rotatable bonds is 7. The Morgan fingerprint density at radius 3 is 2.37 bits per heavy atom. The number of methoxy groups -OCH3 is 1. The maximum absolute atomic E-state index is 13.4. The molecule has 0 aliphatic heterocycles. The summed E-state index contributed by atoms with van der Waals surface area (Å²) in [6.07, 6.45) is -2.86. The zero-order valence-corrected chi connectivity index (χ0v) is 17.7. The molecular weight excluding hydrogens is 395 g/mol. The topological polar surface area (TPSA) is 90.3 Å². The van der Waals surface area contributed by atoms with Gasteiger partial charge >= 0.3 is 6.18 Å². The summed E-state index contributed by atoms with van der Waals surface area (Å²) in [5.74, 6) is 0.145. The van der Waals surface area contributed by atoms with E-state index in [0.29, 0.717) is 41.5 Å². The van der Waals surface area contributed by atoms with E-state index in [4.69, 9.17) is 16.2 Å². The predicted molar refractivity (Wildman–Crippen MR) is 112 cm³/mol. The molecule has 2 aromatic rings. The van der Waals surface area contributed by atoms with Gasteiger partial charge in [-0.05, 0) is 31.0 Å². The lowest BCUT2D eigenvalue weighted by Gasteiger charge is -2.32. The molecule has 2 aromatic heterocycles. The van der Waals surface area contributed by atoms with Gasteiger partial charge in [0.2, 0.25) is 0 Å². The van der Waals surface area contributed by atoms with Crippen molar-refractivity contribution in [3.63, 3.8) is 0 Å². The van der Waals surface area contributed by atoms with Crippen LogP contribution >= 0.6 is 0 Å². The van der Waals surface area contributed by atoms with Crippen LogP contribution < -0.4 is 16.4 Å².